The zero-order chi connectivity index (χ0) is 15.8. The number of carbonyl (C=O) groups excluding carboxylic acids is 1. The molecule has 2 N–H and O–H groups in total. The van der Waals surface area contributed by atoms with Crippen molar-refractivity contribution in [3.63, 3.8) is 0 Å². The van der Waals surface area contributed by atoms with Crippen LogP contribution in [0.5, 0.6) is 0 Å². The van der Waals surface area contributed by atoms with Crippen LogP contribution in [0.15, 0.2) is 24.3 Å². The summed E-state index contributed by atoms with van der Waals surface area (Å²) < 4.78 is 4.99. The average molecular weight is 315 g/mol. The maximum Gasteiger partial charge on any atom is 0.317 e. The van der Waals surface area contributed by atoms with Gasteiger partial charge in [0.1, 0.15) is 0 Å². The van der Waals surface area contributed by atoms with Crippen LogP contribution in [0.1, 0.15) is 12.0 Å². The molecule has 6 nitrogen and oxygen atoms in total. The molecule has 0 bridgehead atoms. The van der Waals surface area contributed by atoms with E-state index in [0.717, 1.165) is 5.56 Å². The first kappa shape index (κ1) is 17.3. The minimum absolute atomic E-state index is 0.140. The summed E-state index contributed by atoms with van der Waals surface area (Å²) in [4.78, 5) is 24.0. The molecule has 1 aromatic rings. The topological polar surface area (TPSA) is 78.9 Å². The lowest BCUT2D eigenvalue weighted by molar-refractivity contribution is -0.139. The van der Waals surface area contributed by atoms with Gasteiger partial charge in [-0.2, -0.15) is 0 Å². The Balaban J connectivity index is 2.45. The number of hydrogen-bond donors (Lipinski definition) is 2. The molecule has 0 spiro atoms. The van der Waals surface area contributed by atoms with E-state index in [0.29, 0.717) is 11.6 Å². The lowest BCUT2D eigenvalue weighted by Crippen LogP contribution is -2.41. The molecule has 21 heavy (non-hydrogen) atoms. The number of carbonyl (C=O) groups is 2. The molecule has 1 unspecified atom stereocenters. The maximum atomic E-state index is 11.9. The van der Waals surface area contributed by atoms with Crippen LogP contribution in [0.25, 0.3) is 0 Å². The highest BCUT2D eigenvalue weighted by molar-refractivity contribution is 6.30. The van der Waals surface area contributed by atoms with Gasteiger partial charge in [0.2, 0.25) is 0 Å². The Morgan fingerprint density at radius 1 is 1.48 bits per heavy atom. The largest absolute Gasteiger partial charge is 0.481 e. The van der Waals surface area contributed by atoms with Crippen LogP contribution in [0.4, 0.5) is 4.79 Å². The molecule has 0 aliphatic rings. The summed E-state index contributed by atoms with van der Waals surface area (Å²) in [5, 5.41) is 11.9. The molecule has 7 heteroatoms. The zero-order valence-electron chi connectivity index (χ0n) is 12.0. The summed E-state index contributed by atoms with van der Waals surface area (Å²) in [7, 11) is 3.06. The Morgan fingerprint density at radius 3 is 2.76 bits per heavy atom. The van der Waals surface area contributed by atoms with E-state index in [9.17, 15) is 9.59 Å². The molecule has 0 aliphatic carbocycles. The van der Waals surface area contributed by atoms with E-state index in [1.165, 1.54) is 12.0 Å². The smallest absolute Gasteiger partial charge is 0.317 e. The molecule has 0 saturated carbocycles. The van der Waals surface area contributed by atoms with Crippen LogP contribution in [0.2, 0.25) is 5.02 Å². The molecule has 0 heterocycles. The molecule has 1 aromatic carbocycles. The third-order valence-electron chi connectivity index (χ3n) is 2.87. The lowest BCUT2D eigenvalue weighted by atomic mass is 10.2. The Labute approximate surface area is 128 Å². The van der Waals surface area contributed by atoms with Gasteiger partial charge in [-0.1, -0.05) is 23.7 Å². The molecule has 0 aromatic heterocycles. The average Bonchev–Trinajstić information content (AvgIpc) is 2.42. The van der Waals surface area contributed by atoms with Crippen molar-refractivity contribution in [1.29, 1.82) is 0 Å². The number of hydrogen-bond acceptors (Lipinski definition) is 3. The number of nitrogens with zero attached hydrogens (tertiary/aromatic N) is 1. The lowest BCUT2D eigenvalue weighted by Gasteiger charge is -2.20. The number of carboxylic acids is 1. The fourth-order valence-corrected chi connectivity index (χ4v) is 1.96. The van der Waals surface area contributed by atoms with E-state index in [1.54, 1.807) is 19.2 Å². The van der Waals surface area contributed by atoms with Crippen molar-refractivity contribution in [3.8, 4) is 0 Å². The van der Waals surface area contributed by atoms with Gasteiger partial charge in [0.25, 0.3) is 0 Å². The van der Waals surface area contributed by atoms with E-state index in [2.05, 4.69) is 5.32 Å². The van der Waals surface area contributed by atoms with Crippen LogP contribution in [-0.2, 0) is 16.1 Å². The summed E-state index contributed by atoms with van der Waals surface area (Å²) in [5.41, 5.74) is 0.911. The second-order valence-corrected chi connectivity index (χ2v) is 5.06. The van der Waals surface area contributed by atoms with E-state index < -0.39 is 12.1 Å². The van der Waals surface area contributed by atoms with Gasteiger partial charge < -0.3 is 20.1 Å². The minimum Gasteiger partial charge on any atom is -0.481 e. The molecule has 0 saturated heterocycles. The van der Waals surface area contributed by atoms with Gasteiger partial charge >= 0.3 is 12.0 Å². The molecular formula is C14H19ClN2O4. The van der Waals surface area contributed by atoms with Gasteiger partial charge in [0.15, 0.2) is 0 Å². The number of ether oxygens (including phenoxy) is 1. The van der Waals surface area contributed by atoms with Crippen LogP contribution in [0.3, 0.4) is 0 Å². The van der Waals surface area contributed by atoms with Crippen molar-refractivity contribution in [2.75, 3.05) is 20.7 Å². The molecule has 0 aliphatic heterocycles. The Morgan fingerprint density at radius 2 is 2.19 bits per heavy atom. The van der Waals surface area contributed by atoms with Crippen molar-refractivity contribution < 1.29 is 19.4 Å². The molecule has 0 fully saturated rings. The first-order chi connectivity index (χ1) is 9.92. The molecule has 1 rings (SSSR count). The number of rotatable bonds is 7. The van der Waals surface area contributed by atoms with Gasteiger partial charge in [-0.05, 0) is 17.7 Å². The Hall–Kier alpha value is -1.79. The molecule has 1 atom stereocenters. The van der Waals surface area contributed by atoms with Gasteiger partial charge in [0, 0.05) is 32.3 Å². The number of methoxy groups -OCH3 is 1. The van der Waals surface area contributed by atoms with Crippen LogP contribution >= 0.6 is 11.6 Å². The Kier molecular flexibility index (Phi) is 6.98. The number of carboxylic acid groups (broad SMARTS) is 1. The van der Waals surface area contributed by atoms with Gasteiger partial charge in [-0.25, -0.2) is 4.79 Å². The number of halogens is 1. The summed E-state index contributed by atoms with van der Waals surface area (Å²) in [6, 6.07) is 6.94. The Bertz CT molecular complexity index is 496. The normalized spacial score (nSPS) is 11.8. The van der Waals surface area contributed by atoms with Crippen molar-refractivity contribution in [2.24, 2.45) is 0 Å². The number of urea groups is 1. The predicted molar refractivity (Wildman–Crippen MR) is 79.4 cm³/mol. The van der Waals surface area contributed by atoms with Crippen LogP contribution in [0, 0.1) is 0 Å². The molecule has 2 amide bonds. The van der Waals surface area contributed by atoms with Crippen LogP contribution in [-0.4, -0.2) is 48.8 Å². The third-order valence-corrected chi connectivity index (χ3v) is 3.11. The van der Waals surface area contributed by atoms with E-state index >= 15 is 0 Å². The molecular weight excluding hydrogens is 296 g/mol. The zero-order valence-corrected chi connectivity index (χ0v) is 12.8. The SMILES string of the molecule is COC(CNC(=O)N(C)Cc1cccc(Cl)c1)CC(=O)O. The fourth-order valence-electron chi connectivity index (χ4n) is 1.75. The molecule has 0 radical (unpaired) electrons. The number of benzene rings is 1. The molecule has 116 valence electrons. The van der Waals surface area contributed by atoms with Gasteiger partial charge in [-0.3, -0.25) is 4.79 Å². The van der Waals surface area contributed by atoms with Crippen molar-refractivity contribution in [2.45, 2.75) is 19.1 Å². The number of amides is 2. The highest BCUT2D eigenvalue weighted by Crippen LogP contribution is 2.12. The van der Waals surface area contributed by atoms with Crippen LogP contribution < -0.4 is 5.32 Å². The van der Waals surface area contributed by atoms with E-state index in [1.807, 2.05) is 12.1 Å². The summed E-state index contributed by atoms with van der Waals surface area (Å²) >= 11 is 5.89. The van der Waals surface area contributed by atoms with Crippen molar-refractivity contribution in [3.05, 3.63) is 34.9 Å². The quantitative estimate of drug-likeness (QED) is 0.806. The van der Waals surface area contributed by atoms with Gasteiger partial charge in [-0.15, -0.1) is 0 Å². The van der Waals surface area contributed by atoms with E-state index in [4.69, 9.17) is 21.4 Å². The highest BCUT2D eigenvalue weighted by atomic mass is 35.5. The number of nitrogens with one attached hydrogen (secondary N) is 1. The standard InChI is InChI=1S/C14H19ClN2O4/c1-17(9-10-4-3-5-11(15)6-10)14(20)16-8-12(21-2)7-13(18)19/h3-6,12H,7-9H2,1-2H3,(H,16,20)(H,18,19). The summed E-state index contributed by atoms with van der Waals surface area (Å²) in [6.07, 6.45) is -0.708. The second kappa shape index (κ2) is 8.49. The van der Waals surface area contributed by atoms with Crippen molar-refractivity contribution in [1.82, 2.24) is 10.2 Å². The summed E-state index contributed by atoms with van der Waals surface area (Å²) in [5.74, 6) is -0.969. The fraction of sp³-hybridized carbons (Fsp3) is 0.429. The third kappa shape index (κ3) is 6.46. The first-order valence-corrected chi connectivity index (χ1v) is 6.78. The predicted octanol–water partition coefficient (Wildman–Crippen LogP) is 1.97. The van der Waals surface area contributed by atoms with Crippen molar-refractivity contribution >= 4 is 23.6 Å². The first-order valence-electron chi connectivity index (χ1n) is 6.40. The number of aliphatic carboxylic acids is 1. The second-order valence-electron chi connectivity index (χ2n) is 4.63. The van der Waals surface area contributed by atoms with Gasteiger partial charge in [0.05, 0.1) is 12.5 Å². The van der Waals surface area contributed by atoms with E-state index in [-0.39, 0.29) is 19.0 Å². The summed E-state index contributed by atoms with van der Waals surface area (Å²) in [6.45, 7) is 0.546. The minimum atomic E-state index is -0.969. The maximum absolute atomic E-state index is 11.9. The monoisotopic (exact) mass is 314 g/mol. The highest BCUT2D eigenvalue weighted by Gasteiger charge is 2.15.